The lowest BCUT2D eigenvalue weighted by Crippen LogP contribution is -2.19. The number of carbonyl (C=O) groups excluding carboxylic acids is 1. The number of nitrogens with one attached hydrogen (secondary N) is 1. The fraction of sp³-hybridized carbons (Fsp3) is 0.125. The van der Waals surface area contributed by atoms with Crippen molar-refractivity contribution in [2.75, 3.05) is 5.32 Å². The Kier molecular flexibility index (Phi) is 4.58. The Morgan fingerprint density at radius 3 is 2.57 bits per heavy atom. The maximum atomic E-state index is 11.8. The molecule has 3 aromatic rings. The summed E-state index contributed by atoms with van der Waals surface area (Å²) in [6.45, 7) is 0.575. The third kappa shape index (κ3) is 4.37. The number of ether oxygens (including phenoxy) is 1. The second-order valence-corrected chi connectivity index (χ2v) is 4.85. The monoisotopic (exact) mass is 309 g/mol. The highest BCUT2D eigenvalue weighted by molar-refractivity contribution is 5.90. The molecule has 0 fully saturated rings. The zero-order chi connectivity index (χ0) is 15.9. The number of amides is 1. The highest BCUT2D eigenvalue weighted by atomic mass is 16.5. The van der Waals surface area contributed by atoms with Gasteiger partial charge in [-0.1, -0.05) is 30.3 Å². The number of aromatic nitrogens is 4. The van der Waals surface area contributed by atoms with Crippen LogP contribution >= 0.6 is 0 Å². The van der Waals surface area contributed by atoms with Crippen LogP contribution in [-0.2, 0) is 17.9 Å². The molecule has 7 heteroatoms. The van der Waals surface area contributed by atoms with Gasteiger partial charge in [0.2, 0.25) is 5.91 Å². The molecule has 7 nitrogen and oxygen atoms in total. The van der Waals surface area contributed by atoms with Crippen molar-refractivity contribution in [3.8, 4) is 5.75 Å². The molecular weight excluding hydrogens is 294 g/mol. The van der Waals surface area contributed by atoms with Gasteiger partial charge in [0, 0.05) is 5.69 Å². The topological polar surface area (TPSA) is 81.9 Å². The number of hydrogen-bond acceptors (Lipinski definition) is 5. The molecule has 0 aliphatic carbocycles. The lowest BCUT2D eigenvalue weighted by atomic mass is 10.2. The third-order valence-corrected chi connectivity index (χ3v) is 3.08. The summed E-state index contributed by atoms with van der Waals surface area (Å²) >= 11 is 0. The summed E-state index contributed by atoms with van der Waals surface area (Å²) in [5, 5.41) is 13.4. The number of carbonyl (C=O) groups is 1. The van der Waals surface area contributed by atoms with Gasteiger partial charge in [-0.15, -0.1) is 5.10 Å². The first-order chi connectivity index (χ1) is 11.3. The Labute approximate surface area is 132 Å². The maximum absolute atomic E-state index is 11.8. The predicted molar refractivity (Wildman–Crippen MR) is 83.7 cm³/mol. The van der Waals surface area contributed by atoms with Gasteiger partial charge in [0.15, 0.2) is 0 Å². The van der Waals surface area contributed by atoms with Crippen molar-refractivity contribution in [3.63, 3.8) is 0 Å². The van der Waals surface area contributed by atoms with Crippen LogP contribution in [0.5, 0.6) is 5.75 Å². The number of nitrogens with zero attached hydrogens (tertiary/aromatic N) is 4. The van der Waals surface area contributed by atoms with E-state index in [0.29, 0.717) is 12.3 Å². The fourth-order valence-corrected chi connectivity index (χ4v) is 1.98. The van der Waals surface area contributed by atoms with Crippen molar-refractivity contribution in [2.45, 2.75) is 13.2 Å². The summed E-state index contributed by atoms with van der Waals surface area (Å²) in [4.78, 5) is 11.8. The number of anilines is 1. The van der Waals surface area contributed by atoms with Crippen molar-refractivity contribution in [1.29, 1.82) is 0 Å². The van der Waals surface area contributed by atoms with Gasteiger partial charge in [0.05, 0.1) is 0 Å². The summed E-state index contributed by atoms with van der Waals surface area (Å²) in [7, 11) is 0. The fourth-order valence-electron chi connectivity index (χ4n) is 1.98. The maximum Gasteiger partial charge on any atom is 0.246 e. The van der Waals surface area contributed by atoms with Crippen LogP contribution in [0.2, 0.25) is 0 Å². The van der Waals surface area contributed by atoms with Crippen LogP contribution in [-0.4, -0.2) is 26.1 Å². The molecule has 0 saturated carbocycles. The molecule has 1 amide bonds. The number of rotatable bonds is 6. The van der Waals surface area contributed by atoms with Gasteiger partial charge >= 0.3 is 0 Å². The molecule has 116 valence electrons. The second kappa shape index (κ2) is 7.17. The molecule has 1 heterocycles. The largest absolute Gasteiger partial charge is 0.489 e. The van der Waals surface area contributed by atoms with Gasteiger partial charge in [-0.05, 0) is 40.3 Å². The molecule has 0 saturated heterocycles. The van der Waals surface area contributed by atoms with Crippen LogP contribution in [0.4, 0.5) is 5.69 Å². The quantitative estimate of drug-likeness (QED) is 0.752. The van der Waals surface area contributed by atoms with Crippen molar-refractivity contribution in [2.24, 2.45) is 0 Å². The Balaban J connectivity index is 1.51. The van der Waals surface area contributed by atoms with Crippen LogP contribution in [0.25, 0.3) is 0 Å². The van der Waals surface area contributed by atoms with Crippen molar-refractivity contribution in [3.05, 3.63) is 66.5 Å². The third-order valence-electron chi connectivity index (χ3n) is 3.08. The lowest BCUT2D eigenvalue weighted by Gasteiger charge is -2.08. The predicted octanol–water partition coefficient (Wildman–Crippen LogP) is 1.89. The molecule has 0 spiro atoms. The van der Waals surface area contributed by atoms with Crippen LogP contribution in [0.3, 0.4) is 0 Å². The Hall–Kier alpha value is -3.22. The minimum absolute atomic E-state index is 0.0687. The normalized spacial score (nSPS) is 10.3. The summed E-state index contributed by atoms with van der Waals surface area (Å²) in [5.74, 6) is 0.544. The van der Waals surface area contributed by atoms with Crippen LogP contribution < -0.4 is 10.1 Å². The smallest absolute Gasteiger partial charge is 0.246 e. The van der Waals surface area contributed by atoms with E-state index in [1.165, 1.54) is 11.0 Å². The average molecular weight is 309 g/mol. The molecule has 3 rings (SSSR count). The summed E-state index contributed by atoms with van der Waals surface area (Å²) in [6.07, 6.45) is 1.39. The number of benzene rings is 2. The molecule has 0 unspecified atom stereocenters. The van der Waals surface area contributed by atoms with Gasteiger partial charge < -0.3 is 10.1 Å². The van der Waals surface area contributed by atoms with E-state index in [0.717, 1.165) is 11.3 Å². The lowest BCUT2D eigenvalue weighted by molar-refractivity contribution is -0.116. The van der Waals surface area contributed by atoms with Crippen molar-refractivity contribution >= 4 is 11.6 Å². The molecule has 0 aliphatic rings. The molecule has 0 atom stereocenters. The van der Waals surface area contributed by atoms with Crippen molar-refractivity contribution in [1.82, 2.24) is 20.2 Å². The minimum atomic E-state index is -0.199. The van der Waals surface area contributed by atoms with Gasteiger partial charge in [0.25, 0.3) is 0 Å². The number of tetrazole rings is 1. The molecule has 1 aromatic heterocycles. The van der Waals surface area contributed by atoms with Gasteiger partial charge in [-0.2, -0.15) is 0 Å². The zero-order valence-electron chi connectivity index (χ0n) is 12.3. The molecular formula is C16H15N5O2. The number of hydrogen-bond donors (Lipinski definition) is 1. The first-order valence-electron chi connectivity index (χ1n) is 7.07. The van der Waals surface area contributed by atoms with Crippen LogP contribution in [0.15, 0.2) is 60.9 Å². The molecule has 1 N–H and O–H groups in total. The first kappa shape index (κ1) is 14.7. The van der Waals surface area contributed by atoms with Crippen molar-refractivity contribution < 1.29 is 9.53 Å². The van der Waals surface area contributed by atoms with E-state index in [2.05, 4.69) is 20.8 Å². The summed E-state index contributed by atoms with van der Waals surface area (Å²) < 4.78 is 7.05. The molecule has 23 heavy (non-hydrogen) atoms. The summed E-state index contributed by atoms with van der Waals surface area (Å²) in [6, 6.07) is 17.1. The molecule has 0 radical (unpaired) electrons. The van der Waals surface area contributed by atoms with E-state index >= 15 is 0 Å². The SMILES string of the molecule is O=C(Cn1cnnn1)Nc1ccc(OCc2ccccc2)cc1. The Morgan fingerprint density at radius 1 is 1.09 bits per heavy atom. The summed E-state index contributed by atoms with van der Waals surface area (Å²) in [5.41, 5.74) is 1.79. The van der Waals surface area contributed by atoms with E-state index in [9.17, 15) is 4.79 Å². The van der Waals surface area contributed by atoms with Crippen LogP contribution in [0.1, 0.15) is 5.56 Å². The Bertz CT molecular complexity index is 742. The van der Waals surface area contributed by atoms with Gasteiger partial charge in [-0.3, -0.25) is 4.79 Å². The van der Waals surface area contributed by atoms with E-state index < -0.39 is 0 Å². The minimum Gasteiger partial charge on any atom is -0.489 e. The molecule has 0 aliphatic heterocycles. The highest BCUT2D eigenvalue weighted by Crippen LogP contribution is 2.17. The van der Waals surface area contributed by atoms with Gasteiger partial charge in [-0.25, -0.2) is 4.68 Å². The molecule has 2 aromatic carbocycles. The first-order valence-corrected chi connectivity index (χ1v) is 7.07. The van der Waals surface area contributed by atoms with E-state index in [4.69, 9.17) is 4.74 Å². The average Bonchev–Trinajstić information content (AvgIpc) is 3.08. The van der Waals surface area contributed by atoms with Crippen LogP contribution in [0, 0.1) is 0 Å². The molecule has 0 bridgehead atoms. The highest BCUT2D eigenvalue weighted by Gasteiger charge is 2.05. The standard InChI is InChI=1S/C16H15N5O2/c22-16(10-21-12-17-19-20-21)18-14-6-8-15(9-7-14)23-11-13-4-2-1-3-5-13/h1-9,12H,10-11H2,(H,18,22). The van der Waals surface area contributed by atoms with E-state index in [1.807, 2.05) is 42.5 Å². The van der Waals surface area contributed by atoms with E-state index in [1.54, 1.807) is 12.1 Å². The zero-order valence-corrected chi connectivity index (χ0v) is 12.3. The Morgan fingerprint density at radius 2 is 1.87 bits per heavy atom. The van der Waals surface area contributed by atoms with Gasteiger partial charge in [0.1, 0.15) is 25.2 Å². The van der Waals surface area contributed by atoms with E-state index in [-0.39, 0.29) is 12.5 Å². The second-order valence-electron chi connectivity index (χ2n) is 4.85.